The summed E-state index contributed by atoms with van der Waals surface area (Å²) in [6, 6.07) is 8.32. The third-order valence-electron chi connectivity index (χ3n) is 4.28. The van der Waals surface area contributed by atoms with Crippen LogP contribution in [0.4, 0.5) is 0 Å². The zero-order valence-corrected chi connectivity index (χ0v) is 10.8. The van der Waals surface area contributed by atoms with Crippen molar-refractivity contribution >= 4 is 11.0 Å². The van der Waals surface area contributed by atoms with Gasteiger partial charge in [0.2, 0.25) is 0 Å². The molecule has 1 heterocycles. The molecule has 2 heteroatoms. The fraction of sp³-hybridized carbons (Fsp3) is 0.500. The van der Waals surface area contributed by atoms with Crippen LogP contribution in [0, 0.1) is 5.92 Å². The van der Waals surface area contributed by atoms with Crippen LogP contribution >= 0.6 is 0 Å². The van der Waals surface area contributed by atoms with Crippen LogP contribution in [0.1, 0.15) is 50.1 Å². The number of rotatable bonds is 2. The molecule has 1 aromatic carbocycles. The van der Waals surface area contributed by atoms with E-state index in [4.69, 9.17) is 10.2 Å². The van der Waals surface area contributed by atoms with Gasteiger partial charge in [-0.05, 0) is 24.8 Å². The fourth-order valence-corrected chi connectivity index (χ4v) is 3.18. The van der Waals surface area contributed by atoms with Gasteiger partial charge in [0.25, 0.3) is 0 Å². The van der Waals surface area contributed by atoms with E-state index in [2.05, 4.69) is 12.1 Å². The third kappa shape index (κ3) is 2.17. The highest BCUT2D eigenvalue weighted by Crippen LogP contribution is 2.35. The zero-order chi connectivity index (χ0) is 12.4. The number of benzene rings is 1. The van der Waals surface area contributed by atoms with E-state index in [0.717, 1.165) is 5.58 Å². The van der Waals surface area contributed by atoms with Crippen molar-refractivity contribution in [3.8, 4) is 0 Å². The highest BCUT2D eigenvalue weighted by Gasteiger charge is 2.23. The van der Waals surface area contributed by atoms with Crippen LogP contribution in [0.25, 0.3) is 11.0 Å². The average molecular weight is 243 g/mol. The van der Waals surface area contributed by atoms with Crippen LogP contribution in [0.5, 0.6) is 0 Å². The fourth-order valence-electron chi connectivity index (χ4n) is 3.18. The second-order valence-electron chi connectivity index (χ2n) is 5.46. The van der Waals surface area contributed by atoms with Gasteiger partial charge >= 0.3 is 0 Å². The van der Waals surface area contributed by atoms with Gasteiger partial charge in [-0.3, -0.25) is 0 Å². The summed E-state index contributed by atoms with van der Waals surface area (Å²) in [5.74, 6) is 0.619. The number of hydrogen-bond donors (Lipinski definition) is 1. The Kier molecular flexibility index (Phi) is 3.37. The molecule has 1 aliphatic rings. The molecule has 2 aromatic rings. The molecular formula is C16H21NO. The molecule has 1 fully saturated rings. The first-order chi connectivity index (χ1) is 8.86. The lowest BCUT2D eigenvalue weighted by Crippen LogP contribution is -2.20. The van der Waals surface area contributed by atoms with Gasteiger partial charge < -0.3 is 10.2 Å². The SMILES string of the molecule is NC(c1coc2ccccc12)C1CCCCCC1. The summed E-state index contributed by atoms with van der Waals surface area (Å²) >= 11 is 0. The van der Waals surface area contributed by atoms with Crippen molar-refractivity contribution in [1.82, 2.24) is 0 Å². The lowest BCUT2D eigenvalue weighted by molar-refractivity contribution is 0.381. The molecule has 1 atom stereocenters. The van der Waals surface area contributed by atoms with E-state index in [1.54, 1.807) is 0 Å². The van der Waals surface area contributed by atoms with Gasteiger partial charge in [0.05, 0.1) is 6.26 Å². The third-order valence-corrected chi connectivity index (χ3v) is 4.28. The average Bonchev–Trinajstić information content (AvgIpc) is 2.65. The van der Waals surface area contributed by atoms with Gasteiger partial charge in [-0.1, -0.05) is 43.9 Å². The molecular weight excluding hydrogens is 222 g/mol. The summed E-state index contributed by atoms with van der Waals surface area (Å²) in [7, 11) is 0. The van der Waals surface area contributed by atoms with Gasteiger partial charge in [-0.25, -0.2) is 0 Å². The Balaban J connectivity index is 1.88. The molecule has 1 aliphatic carbocycles. The van der Waals surface area contributed by atoms with Crippen LogP contribution in [-0.2, 0) is 0 Å². The van der Waals surface area contributed by atoms with Crippen LogP contribution in [0.3, 0.4) is 0 Å². The molecule has 0 amide bonds. The molecule has 96 valence electrons. The zero-order valence-electron chi connectivity index (χ0n) is 10.8. The molecule has 0 radical (unpaired) electrons. The van der Waals surface area contributed by atoms with E-state index >= 15 is 0 Å². The number of nitrogens with two attached hydrogens (primary N) is 1. The van der Waals surface area contributed by atoms with E-state index in [1.165, 1.54) is 49.5 Å². The van der Waals surface area contributed by atoms with Crippen molar-refractivity contribution in [2.75, 3.05) is 0 Å². The molecule has 0 bridgehead atoms. The molecule has 1 unspecified atom stereocenters. The molecule has 2 N–H and O–H groups in total. The Morgan fingerprint density at radius 2 is 1.78 bits per heavy atom. The minimum Gasteiger partial charge on any atom is -0.464 e. The second kappa shape index (κ2) is 5.15. The summed E-state index contributed by atoms with van der Waals surface area (Å²) in [6.07, 6.45) is 9.79. The Bertz CT molecular complexity index is 509. The van der Waals surface area contributed by atoms with E-state index in [0.29, 0.717) is 5.92 Å². The summed E-state index contributed by atoms with van der Waals surface area (Å²) in [4.78, 5) is 0. The number of hydrogen-bond acceptors (Lipinski definition) is 2. The van der Waals surface area contributed by atoms with Crippen molar-refractivity contribution in [2.45, 2.75) is 44.6 Å². The standard InChI is InChI=1S/C16H21NO/c17-16(12-7-3-1-2-4-8-12)14-11-18-15-10-6-5-9-13(14)15/h5-6,9-12,16H,1-4,7-8,17H2. The predicted octanol–water partition coefficient (Wildman–Crippen LogP) is 4.40. The monoisotopic (exact) mass is 243 g/mol. The maximum absolute atomic E-state index is 6.49. The van der Waals surface area contributed by atoms with Crippen LogP contribution in [0.15, 0.2) is 34.9 Å². The van der Waals surface area contributed by atoms with E-state index in [9.17, 15) is 0 Å². The molecule has 3 rings (SSSR count). The Morgan fingerprint density at radius 1 is 1.06 bits per heavy atom. The van der Waals surface area contributed by atoms with Crippen molar-refractivity contribution in [1.29, 1.82) is 0 Å². The summed E-state index contributed by atoms with van der Waals surface area (Å²) in [5, 5.41) is 1.19. The topological polar surface area (TPSA) is 39.2 Å². The van der Waals surface area contributed by atoms with Crippen LogP contribution in [0.2, 0.25) is 0 Å². The normalized spacial score (nSPS) is 19.8. The van der Waals surface area contributed by atoms with E-state index in [-0.39, 0.29) is 6.04 Å². The summed E-state index contributed by atoms with van der Waals surface area (Å²) in [6.45, 7) is 0. The van der Waals surface area contributed by atoms with Gasteiger partial charge in [0.15, 0.2) is 0 Å². The number of fused-ring (bicyclic) bond motifs is 1. The van der Waals surface area contributed by atoms with Gasteiger partial charge in [-0.15, -0.1) is 0 Å². The molecule has 2 nitrogen and oxygen atoms in total. The molecule has 1 aromatic heterocycles. The van der Waals surface area contributed by atoms with Crippen LogP contribution in [-0.4, -0.2) is 0 Å². The van der Waals surface area contributed by atoms with Crippen molar-refractivity contribution in [3.63, 3.8) is 0 Å². The molecule has 0 aliphatic heterocycles. The van der Waals surface area contributed by atoms with Crippen LogP contribution < -0.4 is 5.73 Å². The quantitative estimate of drug-likeness (QED) is 0.794. The second-order valence-corrected chi connectivity index (χ2v) is 5.46. The minimum absolute atomic E-state index is 0.131. The first kappa shape index (κ1) is 11.8. The van der Waals surface area contributed by atoms with Gasteiger partial charge in [0, 0.05) is 17.0 Å². The Hall–Kier alpha value is -1.28. The summed E-state index contributed by atoms with van der Waals surface area (Å²) < 4.78 is 5.61. The van der Waals surface area contributed by atoms with E-state index < -0.39 is 0 Å². The molecule has 0 spiro atoms. The molecule has 0 saturated heterocycles. The lowest BCUT2D eigenvalue weighted by atomic mass is 9.88. The maximum Gasteiger partial charge on any atom is 0.134 e. The predicted molar refractivity (Wildman–Crippen MR) is 74.3 cm³/mol. The number of furan rings is 1. The van der Waals surface area contributed by atoms with Gasteiger partial charge in [0.1, 0.15) is 5.58 Å². The van der Waals surface area contributed by atoms with Gasteiger partial charge in [-0.2, -0.15) is 0 Å². The molecule has 18 heavy (non-hydrogen) atoms. The highest BCUT2D eigenvalue weighted by atomic mass is 16.3. The Labute approximate surface area is 108 Å². The Morgan fingerprint density at radius 3 is 2.56 bits per heavy atom. The highest BCUT2D eigenvalue weighted by molar-refractivity contribution is 5.81. The van der Waals surface area contributed by atoms with Crippen molar-refractivity contribution in [3.05, 3.63) is 36.1 Å². The maximum atomic E-state index is 6.49. The lowest BCUT2D eigenvalue weighted by Gasteiger charge is -2.21. The largest absolute Gasteiger partial charge is 0.464 e. The first-order valence-electron chi connectivity index (χ1n) is 7.08. The van der Waals surface area contributed by atoms with Crippen molar-refractivity contribution < 1.29 is 4.42 Å². The van der Waals surface area contributed by atoms with Crippen molar-refractivity contribution in [2.24, 2.45) is 11.7 Å². The number of para-hydroxylation sites is 1. The smallest absolute Gasteiger partial charge is 0.134 e. The minimum atomic E-state index is 0.131. The summed E-state index contributed by atoms with van der Waals surface area (Å²) in [5.41, 5.74) is 8.64. The van der Waals surface area contributed by atoms with E-state index in [1.807, 2.05) is 18.4 Å². The first-order valence-corrected chi connectivity index (χ1v) is 7.08. The molecule has 1 saturated carbocycles.